The minimum Gasteiger partial charge on any atom is -0.462 e. The van der Waals surface area contributed by atoms with Crippen LogP contribution in [0, 0.1) is 30.1 Å². The van der Waals surface area contributed by atoms with Gasteiger partial charge in [-0.05, 0) is 43.0 Å². The molecule has 0 radical (unpaired) electrons. The molecule has 2 heterocycles. The fourth-order valence-electron chi connectivity index (χ4n) is 5.34. The number of aromatic nitrogens is 1. The van der Waals surface area contributed by atoms with Crippen molar-refractivity contribution in [3.05, 3.63) is 59.9 Å². The van der Waals surface area contributed by atoms with Crippen LogP contribution < -0.4 is 5.73 Å². The van der Waals surface area contributed by atoms with Crippen molar-refractivity contribution in [2.75, 3.05) is 6.54 Å². The number of halogens is 2. The predicted octanol–water partition coefficient (Wildman–Crippen LogP) is 4.87. The number of ether oxygens (including phenoxy) is 1. The molecule has 1 aromatic carbocycles. The first-order valence-corrected chi connectivity index (χ1v) is 10.7. The van der Waals surface area contributed by atoms with Crippen LogP contribution in [0.15, 0.2) is 48.7 Å². The summed E-state index contributed by atoms with van der Waals surface area (Å²) < 4.78 is 35.2. The summed E-state index contributed by atoms with van der Waals surface area (Å²) in [6.45, 7) is 5.21. The van der Waals surface area contributed by atoms with E-state index in [9.17, 15) is 13.6 Å². The Morgan fingerprint density at radius 3 is 2.61 bits per heavy atom. The van der Waals surface area contributed by atoms with E-state index < -0.39 is 41.7 Å². The zero-order valence-electron chi connectivity index (χ0n) is 18.0. The molecule has 1 saturated heterocycles. The molecule has 1 aliphatic heterocycles. The van der Waals surface area contributed by atoms with E-state index in [-0.39, 0.29) is 12.5 Å². The smallest absolute Gasteiger partial charge is 0.314 e. The summed E-state index contributed by atoms with van der Waals surface area (Å²) in [6, 6.07) is 11.9. The Kier molecular flexibility index (Phi) is 5.46. The first-order chi connectivity index (χ1) is 14.7. The lowest BCUT2D eigenvalue weighted by molar-refractivity contribution is -0.169. The summed E-state index contributed by atoms with van der Waals surface area (Å²) in [7, 11) is 0. The number of cyclic esters (lactones) is 1. The van der Waals surface area contributed by atoms with Crippen LogP contribution in [-0.4, -0.2) is 29.5 Å². The van der Waals surface area contributed by atoms with Gasteiger partial charge in [0.15, 0.2) is 0 Å². The van der Waals surface area contributed by atoms with Crippen molar-refractivity contribution in [2.24, 2.45) is 28.9 Å². The van der Waals surface area contributed by atoms with Crippen LogP contribution >= 0.6 is 0 Å². The highest BCUT2D eigenvalue weighted by Crippen LogP contribution is 2.58. The molecule has 4 nitrogen and oxygen atoms in total. The average molecular weight is 427 g/mol. The van der Waals surface area contributed by atoms with E-state index >= 15 is 0 Å². The molecule has 5 atom stereocenters. The van der Waals surface area contributed by atoms with Crippen LogP contribution in [0.5, 0.6) is 0 Å². The third kappa shape index (κ3) is 3.57. The third-order valence-corrected chi connectivity index (χ3v) is 7.15. The van der Waals surface area contributed by atoms with Crippen LogP contribution in [-0.2, 0) is 9.53 Å². The molecule has 0 unspecified atom stereocenters. The van der Waals surface area contributed by atoms with Gasteiger partial charge in [-0.1, -0.05) is 43.3 Å². The summed E-state index contributed by atoms with van der Waals surface area (Å²) >= 11 is 0. The Balaban J connectivity index is 1.64. The Labute approximate surface area is 181 Å². The number of alkyl halides is 2. The van der Waals surface area contributed by atoms with Crippen LogP contribution in [0.25, 0.3) is 17.2 Å². The first-order valence-electron chi connectivity index (χ1n) is 10.7. The second-order valence-corrected chi connectivity index (χ2v) is 8.95. The molecule has 0 amide bonds. The molecule has 6 heteroatoms. The van der Waals surface area contributed by atoms with Crippen LogP contribution in [0.1, 0.15) is 31.5 Å². The van der Waals surface area contributed by atoms with Crippen molar-refractivity contribution >= 4 is 12.0 Å². The van der Waals surface area contributed by atoms with Gasteiger partial charge in [-0.3, -0.25) is 9.78 Å². The normalized spacial score (nSPS) is 32.1. The molecule has 4 rings (SSSR count). The number of nitrogens with zero attached hydrogens (tertiary/aromatic N) is 1. The molecule has 0 bridgehead atoms. The number of hydrogen-bond acceptors (Lipinski definition) is 4. The second kappa shape index (κ2) is 7.83. The van der Waals surface area contributed by atoms with E-state index in [0.717, 1.165) is 16.7 Å². The summed E-state index contributed by atoms with van der Waals surface area (Å²) in [5.74, 6) is -5.47. The monoisotopic (exact) mass is 426 g/mol. The number of nitrogens with two attached hydrogens (primary N) is 1. The van der Waals surface area contributed by atoms with Crippen molar-refractivity contribution in [3.63, 3.8) is 0 Å². The molecule has 1 aliphatic carbocycles. The number of carbonyl (C=O) groups excluding carboxylic acids is 1. The Morgan fingerprint density at radius 2 is 1.97 bits per heavy atom. The molecule has 1 saturated carbocycles. The van der Waals surface area contributed by atoms with E-state index in [1.165, 1.54) is 0 Å². The molecule has 31 heavy (non-hydrogen) atoms. The van der Waals surface area contributed by atoms with Gasteiger partial charge in [0.05, 0.1) is 11.1 Å². The quantitative estimate of drug-likeness (QED) is 0.709. The average Bonchev–Trinajstić information content (AvgIpc) is 2.98. The molecule has 164 valence electrons. The molecule has 2 aromatic rings. The zero-order chi connectivity index (χ0) is 22.4. The lowest BCUT2D eigenvalue weighted by Crippen LogP contribution is -2.56. The van der Waals surface area contributed by atoms with Crippen molar-refractivity contribution < 1.29 is 18.3 Å². The van der Waals surface area contributed by atoms with E-state index in [4.69, 9.17) is 10.5 Å². The number of carbonyl (C=O) groups is 1. The molecular weight excluding hydrogens is 398 g/mol. The molecule has 0 spiro atoms. The van der Waals surface area contributed by atoms with Gasteiger partial charge in [0.2, 0.25) is 0 Å². The lowest BCUT2D eigenvalue weighted by atomic mass is 9.56. The number of rotatable bonds is 4. The highest BCUT2D eigenvalue weighted by atomic mass is 19.3. The number of benzene rings is 1. The number of allylic oxidation sites excluding steroid dienone is 1. The maximum absolute atomic E-state index is 14.9. The predicted molar refractivity (Wildman–Crippen MR) is 116 cm³/mol. The number of fused-ring (bicyclic) bond motifs is 1. The number of esters is 1. The number of hydrogen-bond donors (Lipinski definition) is 1. The minimum atomic E-state index is -3.00. The third-order valence-electron chi connectivity index (χ3n) is 7.15. The standard InChI is InChI=1S/C25H28F2N2O2/c1-15-6-4-5-7-20(15)18-8-9-19(29-12-18)10-11-21-16(2)25(26,27)13-24(14-28)22(21)17(3)31-23(24)30/h4-12,16-17,21-22H,13-14,28H2,1-3H3/b11-10+/t16-,17+,21-,22-,24-/m0/s1. The summed E-state index contributed by atoms with van der Waals surface area (Å²) in [4.78, 5) is 17.0. The fraction of sp³-hybridized carbons (Fsp3) is 0.440. The van der Waals surface area contributed by atoms with E-state index in [0.29, 0.717) is 5.69 Å². The lowest BCUT2D eigenvalue weighted by Gasteiger charge is -2.47. The van der Waals surface area contributed by atoms with Gasteiger partial charge in [0.25, 0.3) is 5.92 Å². The highest BCUT2D eigenvalue weighted by Gasteiger charge is 2.67. The van der Waals surface area contributed by atoms with Gasteiger partial charge >= 0.3 is 5.97 Å². The molecule has 2 N–H and O–H groups in total. The number of aryl methyl sites for hydroxylation is 1. The van der Waals surface area contributed by atoms with Crippen LogP contribution in [0.4, 0.5) is 8.78 Å². The minimum absolute atomic E-state index is 0.142. The molecule has 2 aliphatic rings. The summed E-state index contributed by atoms with van der Waals surface area (Å²) in [6.07, 6.45) is 4.30. The maximum atomic E-state index is 14.9. The largest absolute Gasteiger partial charge is 0.462 e. The fourth-order valence-corrected chi connectivity index (χ4v) is 5.34. The summed E-state index contributed by atoms with van der Waals surface area (Å²) in [5, 5.41) is 0. The van der Waals surface area contributed by atoms with Gasteiger partial charge in [-0.2, -0.15) is 0 Å². The topological polar surface area (TPSA) is 65.2 Å². The van der Waals surface area contributed by atoms with Gasteiger partial charge in [0, 0.05) is 36.6 Å². The Hall–Kier alpha value is -2.60. The van der Waals surface area contributed by atoms with Crippen molar-refractivity contribution in [1.82, 2.24) is 4.98 Å². The summed E-state index contributed by atoms with van der Waals surface area (Å²) in [5.41, 5.74) is 8.48. The molecule has 1 aromatic heterocycles. The zero-order valence-corrected chi connectivity index (χ0v) is 18.0. The van der Waals surface area contributed by atoms with Gasteiger partial charge < -0.3 is 10.5 Å². The van der Waals surface area contributed by atoms with E-state index in [1.807, 2.05) is 43.3 Å². The molecule has 2 fully saturated rings. The van der Waals surface area contributed by atoms with Crippen molar-refractivity contribution in [3.8, 4) is 11.1 Å². The van der Waals surface area contributed by atoms with E-state index in [1.54, 1.807) is 32.2 Å². The SMILES string of the molecule is Cc1ccccc1-c1ccc(/C=C/[C@@H]2[C@@H]3[C@@H](C)OC(=O)[C@]3(CN)CC(F)(F)[C@H]2C)nc1. The van der Waals surface area contributed by atoms with Gasteiger partial charge in [-0.15, -0.1) is 0 Å². The van der Waals surface area contributed by atoms with Gasteiger partial charge in [-0.25, -0.2) is 8.78 Å². The van der Waals surface area contributed by atoms with E-state index in [2.05, 4.69) is 4.98 Å². The highest BCUT2D eigenvalue weighted by molar-refractivity contribution is 5.80. The van der Waals surface area contributed by atoms with Crippen LogP contribution in [0.2, 0.25) is 0 Å². The van der Waals surface area contributed by atoms with Crippen LogP contribution in [0.3, 0.4) is 0 Å². The van der Waals surface area contributed by atoms with Crippen molar-refractivity contribution in [1.29, 1.82) is 0 Å². The maximum Gasteiger partial charge on any atom is 0.314 e. The first kappa shape index (κ1) is 21.6. The Morgan fingerprint density at radius 1 is 1.23 bits per heavy atom. The number of pyridine rings is 1. The second-order valence-electron chi connectivity index (χ2n) is 8.95. The van der Waals surface area contributed by atoms with Crippen molar-refractivity contribution in [2.45, 2.75) is 39.2 Å². The van der Waals surface area contributed by atoms with Gasteiger partial charge in [0.1, 0.15) is 6.10 Å². The Bertz CT molecular complexity index is 1000. The molecular formula is C25H28F2N2O2.